The van der Waals surface area contributed by atoms with Crippen LogP contribution in [0, 0.1) is 0 Å². The van der Waals surface area contributed by atoms with Gasteiger partial charge in [0.2, 0.25) is 0 Å². The molecule has 0 aliphatic carbocycles. The van der Waals surface area contributed by atoms with Crippen molar-refractivity contribution in [3.05, 3.63) is 57.9 Å². The molecule has 0 aliphatic heterocycles. The molecule has 1 heterocycles. The number of aryl methyl sites for hydroxylation is 1. The Morgan fingerprint density at radius 2 is 1.84 bits per heavy atom. The van der Waals surface area contributed by atoms with Crippen molar-refractivity contribution < 1.29 is 4.79 Å². The van der Waals surface area contributed by atoms with Gasteiger partial charge in [0.25, 0.3) is 5.91 Å². The molecule has 0 spiro atoms. The molecule has 0 N–H and O–H groups in total. The fourth-order valence-corrected chi connectivity index (χ4v) is 4.22. The van der Waals surface area contributed by atoms with Gasteiger partial charge in [-0.25, -0.2) is 0 Å². The van der Waals surface area contributed by atoms with Crippen LogP contribution in [0.1, 0.15) is 24.2 Å². The largest absolute Gasteiger partial charge is 0.372 e. The molecule has 1 amide bonds. The van der Waals surface area contributed by atoms with E-state index in [-0.39, 0.29) is 5.91 Å². The molecule has 3 rings (SSSR count). The highest BCUT2D eigenvalue weighted by atomic mass is 35.5. The van der Waals surface area contributed by atoms with Crippen LogP contribution in [0.3, 0.4) is 0 Å². The summed E-state index contributed by atoms with van der Waals surface area (Å²) in [5.41, 5.74) is 2.60. The molecule has 4 nitrogen and oxygen atoms in total. The number of hydrogen-bond donors (Lipinski definition) is 0. The van der Waals surface area contributed by atoms with Crippen LogP contribution in [0.25, 0.3) is 10.2 Å². The molecular weight excluding hydrogens is 354 g/mol. The van der Waals surface area contributed by atoms with E-state index >= 15 is 0 Å². The zero-order valence-corrected chi connectivity index (χ0v) is 16.1. The average molecular weight is 374 g/mol. The Balaban J connectivity index is 1.95. The first-order chi connectivity index (χ1) is 12.0. The summed E-state index contributed by atoms with van der Waals surface area (Å²) in [4.78, 5) is 19.7. The van der Waals surface area contributed by atoms with Gasteiger partial charge in [-0.05, 0) is 50.2 Å². The van der Waals surface area contributed by atoms with Crippen LogP contribution in [-0.4, -0.2) is 23.6 Å². The minimum absolute atomic E-state index is 0.246. The molecule has 0 aliphatic rings. The Kier molecular flexibility index (Phi) is 5.25. The maximum absolute atomic E-state index is 12.5. The number of fused-ring (bicyclic) bond motifs is 1. The van der Waals surface area contributed by atoms with Crippen molar-refractivity contribution in [2.24, 2.45) is 12.0 Å². The van der Waals surface area contributed by atoms with Gasteiger partial charge in [-0.2, -0.15) is 4.99 Å². The first kappa shape index (κ1) is 17.7. The van der Waals surface area contributed by atoms with E-state index in [1.807, 2.05) is 54.1 Å². The summed E-state index contributed by atoms with van der Waals surface area (Å²) < 4.78 is 2.88. The summed E-state index contributed by atoms with van der Waals surface area (Å²) in [5, 5.41) is 0.661. The SMILES string of the molecule is CCN(CC)c1ccc(C(=O)N=c2sc3cccc(Cl)c3n2C)cc1. The van der Waals surface area contributed by atoms with Crippen LogP contribution in [0.15, 0.2) is 47.5 Å². The lowest BCUT2D eigenvalue weighted by molar-refractivity contribution is 0.0998. The number of benzene rings is 2. The minimum atomic E-state index is -0.246. The van der Waals surface area contributed by atoms with Crippen molar-refractivity contribution in [1.82, 2.24) is 4.57 Å². The summed E-state index contributed by atoms with van der Waals surface area (Å²) in [6, 6.07) is 13.3. The fourth-order valence-electron chi connectivity index (χ4n) is 2.82. The van der Waals surface area contributed by atoms with E-state index in [1.165, 1.54) is 11.3 Å². The Morgan fingerprint density at radius 1 is 1.16 bits per heavy atom. The number of anilines is 1. The molecule has 3 aromatic rings. The second-order valence-electron chi connectivity index (χ2n) is 5.67. The number of rotatable bonds is 4. The molecule has 0 saturated carbocycles. The van der Waals surface area contributed by atoms with E-state index in [4.69, 9.17) is 11.6 Å². The molecule has 2 aromatic carbocycles. The smallest absolute Gasteiger partial charge is 0.279 e. The number of thiazole rings is 1. The Bertz CT molecular complexity index is 968. The summed E-state index contributed by atoms with van der Waals surface area (Å²) >= 11 is 7.72. The third kappa shape index (κ3) is 3.48. The lowest BCUT2D eigenvalue weighted by Gasteiger charge is -2.20. The van der Waals surface area contributed by atoms with Crippen LogP contribution in [-0.2, 0) is 7.05 Å². The number of carbonyl (C=O) groups excluding carboxylic acids is 1. The van der Waals surface area contributed by atoms with E-state index < -0.39 is 0 Å². The highest BCUT2D eigenvalue weighted by molar-refractivity contribution is 7.16. The van der Waals surface area contributed by atoms with Crippen LogP contribution in [0.2, 0.25) is 5.02 Å². The van der Waals surface area contributed by atoms with E-state index in [9.17, 15) is 4.79 Å². The van der Waals surface area contributed by atoms with Crippen molar-refractivity contribution in [3.8, 4) is 0 Å². The van der Waals surface area contributed by atoms with Gasteiger partial charge in [0.15, 0.2) is 4.80 Å². The number of para-hydroxylation sites is 1. The lowest BCUT2D eigenvalue weighted by Crippen LogP contribution is -2.21. The quantitative estimate of drug-likeness (QED) is 0.676. The van der Waals surface area contributed by atoms with E-state index in [1.54, 1.807) is 0 Å². The minimum Gasteiger partial charge on any atom is -0.372 e. The fraction of sp³-hybridized carbons (Fsp3) is 0.263. The van der Waals surface area contributed by atoms with E-state index in [2.05, 4.69) is 23.7 Å². The van der Waals surface area contributed by atoms with Crippen molar-refractivity contribution in [2.75, 3.05) is 18.0 Å². The van der Waals surface area contributed by atoms with Gasteiger partial charge in [0.05, 0.1) is 15.2 Å². The van der Waals surface area contributed by atoms with Gasteiger partial charge in [0.1, 0.15) is 0 Å². The maximum atomic E-state index is 12.5. The molecule has 25 heavy (non-hydrogen) atoms. The predicted molar refractivity (Wildman–Crippen MR) is 106 cm³/mol. The molecule has 130 valence electrons. The Hall–Kier alpha value is -2.11. The molecule has 6 heteroatoms. The highest BCUT2D eigenvalue weighted by Gasteiger charge is 2.10. The van der Waals surface area contributed by atoms with Crippen molar-refractivity contribution >= 4 is 44.7 Å². The second kappa shape index (κ2) is 7.42. The lowest BCUT2D eigenvalue weighted by atomic mass is 10.2. The normalized spacial score (nSPS) is 11.9. The van der Waals surface area contributed by atoms with Gasteiger partial charge in [0, 0.05) is 31.4 Å². The predicted octanol–water partition coefficient (Wildman–Crippen LogP) is 4.48. The third-order valence-corrected chi connectivity index (χ3v) is 5.62. The van der Waals surface area contributed by atoms with Crippen LogP contribution in [0.5, 0.6) is 0 Å². The average Bonchev–Trinajstić information content (AvgIpc) is 2.93. The summed E-state index contributed by atoms with van der Waals surface area (Å²) in [7, 11) is 1.88. The second-order valence-corrected chi connectivity index (χ2v) is 7.08. The Morgan fingerprint density at radius 3 is 2.44 bits per heavy atom. The molecule has 0 atom stereocenters. The molecule has 0 radical (unpaired) electrons. The zero-order chi connectivity index (χ0) is 18.0. The number of aromatic nitrogens is 1. The summed E-state index contributed by atoms with van der Waals surface area (Å²) in [6.45, 7) is 6.11. The first-order valence-electron chi connectivity index (χ1n) is 8.23. The number of halogens is 1. The van der Waals surface area contributed by atoms with E-state index in [0.717, 1.165) is 29.0 Å². The van der Waals surface area contributed by atoms with Gasteiger partial charge < -0.3 is 9.47 Å². The molecule has 1 aromatic heterocycles. The molecule has 0 unspecified atom stereocenters. The number of nitrogens with zero attached hydrogens (tertiary/aromatic N) is 3. The number of carbonyl (C=O) groups is 1. The van der Waals surface area contributed by atoms with Crippen LogP contribution < -0.4 is 9.70 Å². The monoisotopic (exact) mass is 373 g/mol. The zero-order valence-electron chi connectivity index (χ0n) is 14.5. The summed E-state index contributed by atoms with van der Waals surface area (Å²) in [6.07, 6.45) is 0. The van der Waals surface area contributed by atoms with Gasteiger partial charge in [-0.15, -0.1) is 0 Å². The molecular formula is C19H20ClN3OS. The van der Waals surface area contributed by atoms with Gasteiger partial charge in [-0.3, -0.25) is 4.79 Å². The maximum Gasteiger partial charge on any atom is 0.279 e. The number of amides is 1. The molecule has 0 saturated heterocycles. The van der Waals surface area contributed by atoms with Crippen molar-refractivity contribution in [3.63, 3.8) is 0 Å². The van der Waals surface area contributed by atoms with Crippen LogP contribution >= 0.6 is 22.9 Å². The van der Waals surface area contributed by atoms with Crippen molar-refractivity contribution in [1.29, 1.82) is 0 Å². The summed E-state index contributed by atoms with van der Waals surface area (Å²) in [5.74, 6) is -0.246. The van der Waals surface area contributed by atoms with E-state index in [0.29, 0.717) is 15.4 Å². The first-order valence-corrected chi connectivity index (χ1v) is 9.42. The van der Waals surface area contributed by atoms with Gasteiger partial charge >= 0.3 is 0 Å². The molecule has 0 bridgehead atoms. The van der Waals surface area contributed by atoms with Crippen LogP contribution in [0.4, 0.5) is 5.69 Å². The third-order valence-electron chi connectivity index (χ3n) is 4.21. The van der Waals surface area contributed by atoms with Gasteiger partial charge in [-0.1, -0.05) is 29.0 Å². The van der Waals surface area contributed by atoms with Crippen molar-refractivity contribution in [2.45, 2.75) is 13.8 Å². The standard InChI is InChI=1S/C19H20ClN3OS/c1-4-23(5-2)14-11-9-13(10-12-14)18(24)21-19-22(3)17-15(20)7-6-8-16(17)25-19/h6-12H,4-5H2,1-3H3. The molecule has 0 fully saturated rings. The topological polar surface area (TPSA) is 37.6 Å². The number of hydrogen-bond acceptors (Lipinski definition) is 3. The Labute approximate surface area is 156 Å². The highest BCUT2D eigenvalue weighted by Crippen LogP contribution is 2.24.